The Morgan fingerprint density at radius 2 is 2.00 bits per heavy atom. The standard InChI is InChI=1S/C13H12ClNO/c1-9-4-3-5-12(15-9)11-7-6-10(14)8-13(11)16-2/h3-8H,1-2H3. The summed E-state index contributed by atoms with van der Waals surface area (Å²) in [6, 6.07) is 11.4. The third-order valence-corrected chi connectivity index (χ3v) is 2.56. The van der Waals surface area contributed by atoms with Gasteiger partial charge >= 0.3 is 0 Å². The number of hydrogen-bond donors (Lipinski definition) is 0. The van der Waals surface area contributed by atoms with E-state index in [1.165, 1.54) is 0 Å². The van der Waals surface area contributed by atoms with Crippen LogP contribution >= 0.6 is 11.6 Å². The van der Waals surface area contributed by atoms with Crippen LogP contribution in [0.3, 0.4) is 0 Å². The Morgan fingerprint density at radius 1 is 1.19 bits per heavy atom. The monoisotopic (exact) mass is 233 g/mol. The van der Waals surface area contributed by atoms with Crippen LogP contribution in [0.15, 0.2) is 36.4 Å². The molecule has 0 N–H and O–H groups in total. The first kappa shape index (κ1) is 11.0. The highest BCUT2D eigenvalue weighted by molar-refractivity contribution is 6.30. The molecule has 1 aromatic heterocycles. The van der Waals surface area contributed by atoms with E-state index in [1.807, 2.05) is 37.3 Å². The number of nitrogens with zero attached hydrogens (tertiary/aromatic N) is 1. The lowest BCUT2D eigenvalue weighted by Gasteiger charge is -2.08. The molecule has 2 rings (SSSR count). The van der Waals surface area contributed by atoms with E-state index in [-0.39, 0.29) is 0 Å². The minimum Gasteiger partial charge on any atom is -0.496 e. The number of halogens is 1. The fourth-order valence-corrected chi connectivity index (χ4v) is 1.73. The smallest absolute Gasteiger partial charge is 0.129 e. The van der Waals surface area contributed by atoms with Gasteiger partial charge in [0.2, 0.25) is 0 Å². The van der Waals surface area contributed by atoms with Crippen molar-refractivity contribution < 1.29 is 4.74 Å². The second-order valence-electron chi connectivity index (χ2n) is 3.51. The van der Waals surface area contributed by atoms with Gasteiger partial charge in [0.15, 0.2) is 0 Å². The highest BCUT2D eigenvalue weighted by Gasteiger charge is 2.07. The molecule has 0 bridgehead atoms. The lowest BCUT2D eigenvalue weighted by Crippen LogP contribution is -1.91. The molecule has 0 atom stereocenters. The molecule has 2 nitrogen and oxygen atoms in total. The molecule has 1 aromatic carbocycles. The number of hydrogen-bond acceptors (Lipinski definition) is 2. The van der Waals surface area contributed by atoms with Gasteiger partial charge in [-0.15, -0.1) is 0 Å². The van der Waals surface area contributed by atoms with Crippen molar-refractivity contribution in [3.8, 4) is 17.0 Å². The number of ether oxygens (including phenoxy) is 1. The molecular formula is C13H12ClNO. The number of rotatable bonds is 2. The maximum atomic E-state index is 5.91. The largest absolute Gasteiger partial charge is 0.496 e. The van der Waals surface area contributed by atoms with Gasteiger partial charge in [-0.05, 0) is 37.3 Å². The van der Waals surface area contributed by atoms with Gasteiger partial charge in [-0.2, -0.15) is 0 Å². The van der Waals surface area contributed by atoms with Crippen molar-refractivity contribution >= 4 is 11.6 Å². The number of aromatic nitrogens is 1. The normalized spacial score (nSPS) is 10.2. The highest BCUT2D eigenvalue weighted by atomic mass is 35.5. The lowest BCUT2D eigenvalue weighted by atomic mass is 10.1. The van der Waals surface area contributed by atoms with E-state index in [2.05, 4.69) is 4.98 Å². The van der Waals surface area contributed by atoms with Crippen molar-refractivity contribution in [2.24, 2.45) is 0 Å². The molecule has 1 heterocycles. The lowest BCUT2D eigenvalue weighted by molar-refractivity contribution is 0.416. The molecular weight excluding hydrogens is 222 g/mol. The molecule has 3 heteroatoms. The zero-order valence-electron chi connectivity index (χ0n) is 9.20. The van der Waals surface area contributed by atoms with Crippen LogP contribution in [0, 0.1) is 6.92 Å². The van der Waals surface area contributed by atoms with Gasteiger partial charge in [0, 0.05) is 16.3 Å². The van der Waals surface area contributed by atoms with Gasteiger partial charge in [0.1, 0.15) is 5.75 Å². The van der Waals surface area contributed by atoms with E-state index >= 15 is 0 Å². The molecule has 82 valence electrons. The van der Waals surface area contributed by atoms with Gasteiger partial charge < -0.3 is 4.74 Å². The van der Waals surface area contributed by atoms with E-state index in [1.54, 1.807) is 13.2 Å². The minimum atomic E-state index is 0.660. The molecule has 0 fully saturated rings. The first-order chi connectivity index (χ1) is 7.70. The Hall–Kier alpha value is -1.54. The quantitative estimate of drug-likeness (QED) is 0.789. The second kappa shape index (κ2) is 4.54. The average Bonchev–Trinajstić information content (AvgIpc) is 2.28. The number of pyridine rings is 1. The van der Waals surface area contributed by atoms with Crippen LogP contribution in [-0.2, 0) is 0 Å². The maximum Gasteiger partial charge on any atom is 0.129 e. The Bertz CT molecular complexity index is 511. The van der Waals surface area contributed by atoms with Gasteiger partial charge in [0.25, 0.3) is 0 Å². The molecule has 0 aliphatic heterocycles. The summed E-state index contributed by atoms with van der Waals surface area (Å²) in [7, 11) is 1.63. The van der Waals surface area contributed by atoms with Crippen molar-refractivity contribution in [3.63, 3.8) is 0 Å². The van der Waals surface area contributed by atoms with Crippen LogP contribution in [0.2, 0.25) is 5.02 Å². The van der Waals surface area contributed by atoms with E-state index < -0.39 is 0 Å². The first-order valence-corrected chi connectivity index (χ1v) is 5.36. The fraction of sp³-hybridized carbons (Fsp3) is 0.154. The van der Waals surface area contributed by atoms with Crippen LogP contribution in [0.4, 0.5) is 0 Å². The zero-order chi connectivity index (χ0) is 11.5. The molecule has 16 heavy (non-hydrogen) atoms. The van der Waals surface area contributed by atoms with E-state index in [4.69, 9.17) is 16.3 Å². The summed E-state index contributed by atoms with van der Waals surface area (Å²) < 4.78 is 5.30. The van der Waals surface area contributed by atoms with E-state index in [9.17, 15) is 0 Å². The molecule has 0 unspecified atom stereocenters. The van der Waals surface area contributed by atoms with E-state index in [0.29, 0.717) is 5.02 Å². The highest BCUT2D eigenvalue weighted by Crippen LogP contribution is 2.31. The van der Waals surface area contributed by atoms with Gasteiger partial charge in [-0.1, -0.05) is 17.7 Å². The van der Waals surface area contributed by atoms with Crippen LogP contribution in [-0.4, -0.2) is 12.1 Å². The summed E-state index contributed by atoms with van der Waals surface area (Å²) in [6.45, 7) is 1.96. The molecule has 2 aromatic rings. The molecule has 0 saturated carbocycles. The van der Waals surface area contributed by atoms with Crippen LogP contribution in [0.5, 0.6) is 5.75 Å². The van der Waals surface area contributed by atoms with Gasteiger partial charge in [-0.3, -0.25) is 4.98 Å². The zero-order valence-corrected chi connectivity index (χ0v) is 9.95. The first-order valence-electron chi connectivity index (χ1n) is 4.98. The Kier molecular flexibility index (Phi) is 3.11. The SMILES string of the molecule is COc1cc(Cl)ccc1-c1cccc(C)n1. The third kappa shape index (κ3) is 2.17. The Balaban J connectivity index is 2.55. The fourth-order valence-electron chi connectivity index (χ4n) is 1.57. The van der Waals surface area contributed by atoms with Crippen molar-refractivity contribution in [2.45, 2.75) is 6.92 Å². The van der Waals surface area contributed by atoms with Crippen molar-refractivity contribution in [1.82, 2.24) is 4.98 Å². The minimum absolute atomic E-state index is 0.660. The summed E-state index contributed by atoms with van der Waals surface area (Å²) >= 11 is 5.91. The summed E-state index contributed by atoms with van der Waals surface area (Å²) in [4.78, 5) is 4.46. The van der Waals surface area contributed by atoms with Crippen molar-refractivity contribution in [1.29, 1.82) is 0 Å². The van der Waals surface area contributed by atoms with E-state index in [0.717, 1.165) is 22.7 Å². The number of benzene rings is 1. The topological polar surface area (TPSA) is 22.1 Å². The van der Waals surface area contributed by atoms with Crippen LogP contribution < -0.4 is 4.74 Å². The predicted octanol–water partition coefficient (Wildman–Crippen LogP) is 3.72. The molecule has 0 radical (unpaired) electrons. The summed E-state index contributed by atoms with van der Waals surface area (Å²) in [5.74, 6) is 0.741. The second-order valence-corrected chi connectivity index (χ2v) is 3.95. The molecule has 0 spiro atoms. The third-order valence-electron chi connectivity index (χ3n) is 2.33. The van der Waals surface area contributed by atoms with Crippen molar-refractivity contribution in [2.75, 3.05) is 7.11 Å². The summed E-state index contributed by atoms with van der Waals surface area (Å²) in [5.41, 5.74) is 2.83. The van der Waals surface area contributed by atoms with Crippen LogP contribution in [0.25, 0.3) is 11.3 Å². The molecule has 0 amide bonds. The molecule has 0 aliphatic carbocycles. The summed E-state index contributed by atoms with van der Waals surface area (Å²) in [6.07, 6.45) is 0. The van der Waals surface area contributed by atoms with Gasteiger partial charge in [0.05, 0.1) is 12.8 Å². The van der Waals surface area contributed by atoms with Crippen molar-refractivity contribution in [3.05, 3.63) is 47.1 Å². The Labute approximate surface area is 99.9 Å². The van der Waals surface area contributed by atoms with Crippen LogP contribution in [0.1, 0.15) is 5.69 Å². The summed E-state index contributed by atoms with van der Waals surface area (Å²) in [5, 5.41) is 0.660. The maximum absolute atomic E-state index is 5.91. The Morgan fingerprint density at radius 3 is 2.69 bits per heavy atom. The van der Waals surface area contributed by atoms with Gasteiger partial charge in [-0.25, -0.2) is 0 Å². The predicted molar refractivity (Wildman–Crippen MR) is 66.0 cm³/mol. The molecule has 0 saturated heterocycles. The average molecular weight is 234 g/mol. The molecule has 0 aliphatic rings. The number of aryl methyl sites for hydroxylation is 1. The number of methoxy groups -OCH3 is 1.